The largest absolute Gasteiger partial charge is 0.390 e. The Morgan fingerprint density at radius 2 is 1.64 bits per heavy atom. The molecule has 6 rings (SSSR count). The van der Waals surface area contributed by atoms with Gasteiger partial charge in [-0.05, 0) is 0 Å². The number of nitrogens with zero attached hydrogens (tertiary/aromatic N) is 7. The fourth-order valence-corrected chi connectivity index (χ4v) is 7.01. The fourth-order valence-electron chi connectivity index (χ4n) is 4.94. The smallest absolute Gasteiger partial charge is 0.386 e. The van der Waals surface area contributed by atoms with Crippen molar-refractivity contribution in [3.8, 4) is 0 Å². The lowest BCUT2D eigenvalue weighted by Gasteiger charge is -2.23. The Bertz CT molecular complexity index is 1850. The summed E-state index contributed by atoms with van der Waals surface area (Å²) >= 11 is 7.60. The van der Waals surface area contributed by atoms with Crippen LogP contribution in [0.25, 0.3) is 22.3 Å². The topological polar surface area (TPSA) is 280 Å². The quantitative estimate of drug-likeness (QED) is 0.0882. The van der Waals surface area contributed by atoms with Crippen molar-refractivity contribution in [2.75, 3.05) is 24.7 Å². The third-order valence-electron chi connectivity index (χ3n) is 6.92. The third-order valence-corrected chi connectivity index (χ3v) is 9.39. The summed E-state index contributed by atoms with van der Waals surface area (Å²) < 4.78 is 56.0. The van der Waals surface area contributed by atoms with E-state index >= 15 is 0 Å². The van der Waals surface area contributed by atoms with E-state index in [0.717, 1.165) is 0 Å². The number of thiol groups is 2. The molecule has 0 spiro atoms. The average molecular weight is 693 g/mol. The lowest BCUT2D eigenvalue weighted by atomic mass is 10.2. The molecule has 2 fully saturated rings. The van der Waals surface area contributed by atoms with Crippen molar-refractivity contribution in [3.05, 3.63) is 29.3 Å². The molecule has 0 bridgehead atoms. The van der Waals surface area contributed by atoms with E-state index in [2.05, 4.69) is 54.4 Å². The summed E-state index contributed by atoms with van der Waals surface area (Å²) in [6.45, 7) is -9.22. The number of nitrogen functional groups attached to an aromatic ring is 2. The molecular weight excluding hydrogens is 666 g/mol. The van der Waals surface area contributed by atoms with Gasteiger partial charge in [0.25, 0.3) is 5.56 Å². The lowest BCUT2D eigenvalue weighted by Crippen LogP contribution is -2.29. The highest BCUT2D eigenvalue weighted by Gasteiger charge is 2.44. The van der Waals surface area contributed by atoms with Gasteiger partial charge >= 0.3 is 13.6 Å². The molecule has 20 nitrogen and oxygen atoms in total. The first-order valence-corrected chi connectivity index (χ1v) is 18.2. The number of nitrogens with two attached hydrogens (primary N) is 2. The molecule has 0 amide bonds. The molecule has 2 aliphatic heterocycles. The van der Waals surface area contributed by atoms with Gasteiger partial charge in [0.2, 0.25) is 5.95 Å². The molecular formula is C20H26N10O10P2S2. The van der Waals surface area contributed by atoms with Gasteiger partial charge in [0.15, 0.2) is 22.6 Å². The van der Waals surface area contributed by atoms with Gasteiger partial charge in [0.1, 0.15) is 42.6 Å². The maximum absolute atomic E-state index is 13.3. The number of hydrogen-bond donors (Lipinski definition) is 7. The highest BCUT2D eigenvalue weighted by molar-refractivity contribution is 8.44. The molecule has 24 heteroatoms. The first kappa shape index (κ1) is 31.4. The summed E-state index contributed by atoms with van der Waals surface area (Å²) in [4.78, 5) is 44.4. The second-order valence-corrected chi connectivity index (χ2v) is 15.5. The van der Waals surface area contributed by atoms with Gasteiger partial charge in [-0.3, -0.25) is 32.5 Å². The van der Waals surface area contributed by atoms with E-state index in [1.807, 2.05) is 0 Å². The lowest BCUT2D eigenvalue weighted by molar-refractivity contribution is -0.0465. The Balaban J connectivity index is 1.13. The molecule has 6 heterocycles. The van der Waals surface area contributed by atoms with Gasteiger partial charge in [-0.2, -0.15) is 4.98 Å². The molecule has 4 aromatic heterocycles. The Kier molecular flexibility index (Phi) is 8.52. The molecule has 2 saturated heterocycles. The van der Waals surface area contributed by atoms with Crippen molar-refractivity contribution in [1.82, 2.24) is 39.0 Å². The van der Waals surface area contributed by atoms with E-state index in [9.17, 15) is 23.9 Å². The predicted molar refractivity (Wildman–Crippen MR) is 158 cm³/mol. The second kappa shape index (κ2) is 12.0. The summed E-state index contributed by atoms with van der Waals surface area (Å²) in [5, 5.41) is 10.6. The summed E-state index contributed by atoms with van der Waals surface area (Å²) in [5.41, 5.74) is 11.9. The molecule has 8 atom stereocenters. The number of aliphatic hydroxyl groups is 1. The van der Waals surface area contributed by atoms with E-state index in [4.69, 9.17) is 34.5 Å². The van der Waals surface area contributed by atoms with Crippen molar-refractivity contribution >= 4 is 72.2 Å². The fraction of sp³-hybridized carbons (Fsp3) is 0.500. The second-order valence-electron chi connectivity index (χ2n) is 9.85. The third kappa shape index (κ3) is 6.51. The zero-order valence-electron chi connectivity index (χ0n) is 22.3. The van der Waals surface area contributed by atoms with Crippen LogP contribution in [0, 0.1) is 0 Å². The Morgan fingerprint density at radius 1 is 0.977 bits per heavy atom. The van der Waals surface area contributed by atoms with Crippen LogP contribution in [0.4, 0.5) is 11.8 Å². The minimum atomic E-state index is -4.20. The number of aromatic amines is 1. The van der Waals surface area contributed by atoms with Crippen LogP contribution in [0.5, 0.6) is 0 Å². The number of fused-ring (bicyclic) bond motifs is 2. The Morgan fingerprint density at radius 3 is 2.39 bits per heavy atom. The molecule has 4 aromatic rings. The molecule has 2 unspecified atom stereocenters. The van der Waals surface area contributed by atoms with Crippen molar-refractivity contribution in [2.45, 2.75) is 49.7 Å². The number of H-pyrrole nitrogens is 1. The Labute approximate surface area is 256 Å². The Hall–Kier alpha value is -2.62. The van der Waals surface area contributed by atoms with E-state index in [1.54, 1.807) is 4.57 Å². The number of imidazole rings is 2. The minimum absolute atomic E-state index is 0.0379. The van der Waals surface area contributed by atoms with Crippen LogP contribution in [0.2, 0.25) is 0 Å². The number of aromatic nitrogens is 8. The number of rotatable bonds is 10. The molecule has 0 saturated carbocycles. The van der Waals surface area contributed by atoms with Crippen molar-refractivity contribution < 1.29 is 42.2 Å². The summed E-state index contributed by atoms with van der Waals surface area (Å²) in [6.07, 6.45) is -1.54. The summed E-state index contributed by atoms with van der Waals surface area (Å²) in [6, 6.07) is 0. The van der Waals surface area contributed by atoms with Gasteiger partial charge in [-0.1, -0.05) is 24.5 Å². The highest BCUT2D eigenvalue weighted by atomic mass is 32.7. The molecule has 0 radical (unpaired) electrons. The van der Waals surface area contributed by atoms with E-state index < -0.39 is 69.2 Å². The zero-order valence-corrected chi connectivity index (χ0v) is 25.8. The monoisotopic (exact) mass is 692 g/mol. The van der Waals surface area contributed by atoms with Crippen LogP contribution >= 0.6 is 38.1 Å². The number of nitrogens with one attached hydrogen (secondary N) is 1. The van der Waals surface area contributed by atoms with Crippen LogP contribution in [-0.2, 0) is 32.2 Å². The summed E-state index contributed by atoms with van der Waals surface area (Å²) in [7, 11) is 0. The van der Waals surface area contributed by atoms with Crippen molar-refractivity contribution in [1.29, 1.82) is 0 Å². The number of hydrogen-bond acceptors (Lipinski definition) is 16. The number of ether oxygens (including phenoxy) is 2. The minimum Gasteiger partial charge on any atom is -0.390 e. The number of aliphatic hydroxyl groups excluding tert-OH is 1. The van der Waals surface area contributed by atoms with Crippen LogP contribution in [0.3, 0.4) is 0 Å². The van der Waals surface area contributed by atoms with Gasteiger partial charge in [0, 0.05) is 12.8 Å². The van der Waals surface area contributed by atoms with E-state index in [1.165, 1.54) is 23.5 Å². The average Bonchev–Trinajstić information content (AvgIpc) is 3.71. The van der Waals surface area contributed by atoms with Gasteiger partial charge < -0.3 is 30.9 Å². The van der Waals surface area contributed by atoms with Crippen LogP contribution < -0.4 is 17.0 Å². The summed E-state index contributed by atoms with van der Waals surface area (Å²) in [5.74, 6) is 0.0327. The van der Waals surface area contributed by atoms with Crippen LogP contribution in [0.15, 0.2) is 23.8 Å². The van der Waals surface area contributed by atoms with E-state index in [0.29, 0.717) is 11.2 Å². The first-order valence-electron chi connectivity index (χ1n) is 12.8. The highest BCUT2D eigenvalue weighted by Crippen LogP contribution is 2.57. The molecule has 44 heavy (non-hydrogen) atoms. The van der Waals surface area contributed by atoms with Gasteiger partial charge in [0.05, 0.1) is 32.0 Å². The van der Waals surface area contributed by atoms with Crippen LogP contribution in [0.1, 0.15) is 25.3 Å². The molecule has 2 aliphatic rings. The first-order chi connectivity index (χ1) is 20.8. The maximum Gasteiger partial charge on any atom is 0.386 e. The SMILES string of the molecule is Nc1nc2c(ncn2[C@H]2C[C@H](O)[C@@H](COP(=O)(S)O[C@H]3C[C@H](n4cnc5c(N)ncnc54)O[C@@H]3COP(=O)(O)S)O2)c(=O)[nH]1. The molecule has 0 aromatic carbocycles. The van der Waals surface area contributed by atoms with Crippen molar-refractivity contribution in [3.63, 3.8) is 0 Å². The predicted octanol–water partition coefficient (Wildman–Crippen LogP) is 0.546. The normalized spacial score (nSPS) is 28.5. The van der Waals surface area contributed by atoms with Gasteiger partial charge in [-0.15, -0.1) is 0 Å². The van der Waals surface area contributed by atoms with Crippen LogP contribution in [-0.4, -0.2) is 86.7 Å². The number of anilines is 2. The molecule has 238 valence electrons. The standard InChI is InChI=1S/C20H26N10O10P2S2/c21-16-14-17(24-5-23-16)29(6-25-14)13-2-9(11(39-13)4-36-41(33,34)43)40-42(35,44)37-3-10-8(31)1-12(38-10)30-7-26-15-18(30)27-20(22)28-19(15)32/h5-13,31H,1-4H2,(H,35,44)(H2,21,23,24)(H2,33,34,43)(H3,22,27,28,32)/t8-,9-,10+,11+,12+,13+,42?/m0/s1. The van der Waals surface area contributed by atoms with Crippen molar-refractivity contribution in [2.24, 2.45) is 0 Å². The zero-order chi connectivity index (χ0) is 31.4. The molecule has 7 N–H and O–H groups in total. The van der Waals surface area contributed by atoms with E-state index in [-0.39, 0.29) is 35.8 Å². The maximum atomic E-state index is 13.3. The van der Waals surface area contributed by atoms with Gasteiger partial charge in [-0.25, -0.2) is 29.1 Å². The molecule has 0 aliphatic carbocycles.